The number of rotatable bonds is 3. The number of hydrogen-bond donors (Lipinski definition) is 3. The van der Waals surface area contributed by atoms with Crippen molar-refractivity contribution in [2.24, 2.45) is 0 Å². The third-order valence-electron chi connectivity index (χ3n) is 4.87. The van der Waals surface area contributed by atoms with Gasteiger partial charge in [0.25, 0.3) is 0 Å². The summed E-state index contributed by atoms with van der Waals surface area (Å²) in [7, 11) is 1.94. The maximum atomic E-state index is 11.2. The van der Waals surface area contributed by atoms with Gasteiger partial charge in [-0.3, -0.25) is 10.2 Å². The third-order valence-corrected chi connectivity index (χ3v) is 5.60. The molecular weight excluding hydrogens is 369 g/mol. The Bertz CT molecular complexity index is 866. The predicted molar refractivity (Wildman–Crippen MR) is 106 cm³/mol. The molecule has 26 heavy (non-hydrogen) atoms. The third kappa shape index (κ3) is 3.78. The molecule has 3 N–H and O–H groups in total. The van der Waals surface area contributed by atoms with Gasteiger partial charge in [-0.2, -0.15) is 0 Å². The summed E-state index contributed by atoms with van der Waals surface area (Å²) in [4.78, 5) is 11.2. The topological polar surface area (TPSA) is 65.0 Å². The van der Waals surface area contributed by atoms with Crippen LogP contribution in [0.1, 0.15) is 54.0 Å². The number of benzene rings is 2. The molecule has 2 aromatic carbocycles. The van der Waals surface area contributed by atoms with Crippen LogP contribution < -0.4 is 10.6 Å². The van der Waals surface area contributed by atoms with E-state index in [1.807, 2.05) is 37.4 Å². The maximum absolute atomic E-state index is 11.2. The van der Waals surface area contributed by atoms with Gasteiger partial charge >= 0.3 is 0 Å². The Kier molecular flexibility index (Phi) is 5.66. The zero-order valence-corrected chi connectivity index (χ0v) is 16.2. The molecule has 3 rings (SSSR count). The molecule has 2 atom stereocenters. The van der Waals surface area contributed by atoms with Gasteiger partial charge in [-0.1, -0.05) is 41.4 Å². The predicted octanol–water partition coefficient (Wildman–Crippen LogP) is 4.64. The summed E-state index contributed by atoms with van der Waals surface area (Å²) in [5, 5.41) is 15.1. The van der Waals surface area contributed by atoms with Crippen LogP contribution in [0.3, 0.4) is 0 Å². The van der Waals surface area contributed by atoms with E-state index in [0.29, 0.717) is 15.6 Å². The molecule has 2 aromatic rings. The van der Waals surface area contributed by atoms with E-state index in [4.69, 9.17) is 28.6 Å². The normalized spacial score (nSPS) is 18.9. The van der Waals surface area contributed by atoms with Crippen molar-refractivity contribution < 1.29 is 4.79 Å². The fourth-order valence-electron chi connectivity index (χ4n) is 3.62. The second-order valence-corrected chi connectivity index (χ2v) is 7.36. The molecule has 1 amide bonds. The minimum atomic E-state index is -0.244. The molecule has 0 aliphatic heterocycles. The molecule has 0 heterocycles. The molecule has 1 unspecified atom stereocenters. The number of fused-ring (bicyclic) bond motifs is 1. The van der Waals surface area contributed by atoms with Crippen LogP contribution in [0.2, 0.25) is 10.0 Å². The van der Waals surface area contributed by atoms with Crippen LogP contribution in [0.15, 0.2) is 36.4 Å². The van der Waals surface area contributed by atoms with Crippen molar-refractivity contribution in [3.63, 3.8) is 0 Å². The van der Waals surface area contributed by atoms with Crippen LogP contribution in [0.5, 0.6) is 0 Å². The van der Waals surface area contributed by atoms with Crippen molar-refractivity contribution in [2.45, 2.75) is 31.7 Å². The van der Waals surface area contributed by atoms with E-state index < -0.39 is 0 Å². The Hall–Kier alpha value is -1.88. The Morgan fingerprint density at radius 2 is 1.85 bits per heavy atom. The van der Waals surface area contributed by atoms with Crippen molar-refractivity contribution in [2.75, 3.05) is 7.05 Å². The van der Waals surface area contributed by atoms with E-state index in [-0.39, 0.29) is 23.7 Å². The van der Waals surface area contributed by atoms with E-state index >= 15 is 0 Å². The standard InChI is InChI=1S/C20H21Cl2N3O/c1-11(26)25-20(23)13-3-5-15-14(6-8-19(24-2)16(15)9-13)12-4-7-17(21)18(22)10-12/h3-5,7,9-10,14,19,24H,6,8H2,1-2H3,(H2,23,25,26)/t14-,19?/m0/s1. The zero-order valence-electron chi connectivity index (χ0n) is 14.7. The molecule has 4 nitrogen and oxygen atoms in total. The van der Waals surface area contributed by atoms with Crippen LogP contribution in [-0.4, -0.2) is 18.8 Å². The summed E-state index contributed by atoms with van der Waals surface area (Å²) >= 11 is 12.3. The number of nitrogens with one attached hydrogen (secondary N) is 3. The molecule has 0 bridgehead atoms. The highest BCUT2D eigenvalue weighted by Crippen LogP contribution is 2.42. The van der Waals surface area contributed by atoms with Crippen LogP contribution in [0, 0.1) is 5.41 Å². The Labute approximate surface area is 163 Å². The highest BCUT2D eigenvalue weighted by Gasteiger charge is 2.28. The van der Waals surface area contributed by atoms with E-state index in [1.165, 1.54) is 12.5 Å². The highest BCUT2D eigenvalue weighted by atomic mass is 35.5. The Morgan fingerprint density at radius 3 is 2.50 bits per heavy atom. The fourth-order valence-corrected chi connectivity index (χ4v) is 3.92. The Balaban J connectivity index is 2.02. The summed E-state index contributed by atoms with van der Waals surface area (Å²) in [6.45, 7) is 1.41. The second-order valence-electron chi connectivity index (χ2n) is 6.54. The summed E-state index contributed by atoms with van der Waals surface area (Å²) in [5.74, 6) is 0.103. The number of amidine groups is 1. The summed E-state index contributed by atoms with van der Waals surface area (Å²) in [6, 6.07) is 12.0. The average Bonchev–Trinajstić information content (AvgIpc) is 2.62. The summed E-state index contributed by atoms with van der Waals surface area (Å²) < 4.78 is 0. The monoisotopic (exact) mass is 389 g/mol. The quantitative estimate of drug-likeness (QED) is 0.528. The van der Waals surface area contributed by atoms with Crippen molar-refractivity contribution in [1.29, 1.82) is 5.41 Å². The molecule has 1 aliphatic rings. The van der Waals surface area contributed by atoms with Crippen LogP contribution >= 0.6 is 23.2 Å². The van der Waals surface area contributed by atoms with Crippen LogP contribution in [-0.2, 0) is 4.79 Å². The van der Waals surface area contributed by atoms with Crippen molar-refractivity contribution in [3.8, 4) is 0 Å². The van der Waals surface area contributed by atoms with Crippen LogP contribution in [0.4, 0.5) is 0 Å². The van der Waals surface area contributed by atoms with Gasteiger partial charge in [-0.15, -0.1) is 0 Å². The van der Waals surface area contributed by atoms with Crippen molar-refractivity contribution in [1.82, 2.24) is 10.6 Å². The minimum Gasteiger partial charge on any atom is -0.313 e. The lowest BCUT2D eigenvalue weighted by Gasteiger charge is -2.32. The first-order valence-electron chi connectivity index (χ1n) is 8.53. The second kappa shape index (κ2) is 7.78. The molecule has 0 aromatic heterocycles. The van der Waals surface area contributed by atoms with Gasteiger partial charge in [0, 0.05) is 24.4 Å². The lowest BCUT2D eigenvalue weighted by Crippen LogP contribution is -2.29. The van der Waals surface area contributed by atoms with E-state index in [0.717, 1.165) is 24.0 Å². The number of carbonyl (C=O) groups is 1. The maximum Gasteiger partial charge on any atom is 0.222 e. The average molecular weight is 390 g/mol. The van der Waals surface area contributed by atoms with Crippen molar-refractivity contribution in [3.05, 3.63) is 68.7 Å². The smallest absolute Gasteiger partial charge is 0.222 e. The zero-order chi connectivity index (χ0) is 18.8. The first-order valence-corrected chi connectivity index (χ1v) is 9.29. The molecule has 1 aliphatic carbocycles. The van der Waals surface area contributed by atoms with Gasteiger partial charge in [0.05, 0.1) is 10.0 Å². The largest absolute Gasteiger partial charge is 0.313 e. The molecule has 0 saturated carbocycles. The first kappa shape index (κ1) is 18.9. The van der Waals surface area contributed by atoms with Crippen molar-refractivity contribution >= 4 is 34.9 Å². The molecule has 0 saturated heterocycles. The molecule has 6 heteroatoms. The lowest BCUT2D eigenvalue weighted by molar-refractivity contribution is -0.117. The van der Waals surface area contributed by atoms with Gasteiger partial charge in [-0.25, -0.2) is 0 Å². The van der Waals surface area contributed by atoms with Gasteiger partial charge in [0.1, 0.15) is 5.84 Å². The summed E-state index contributed by atoms with van der Waals surface area (Å²) in [5.41, 5.74) is 4.21. The van der Waals surface area contributed by atoms with Crippen LogP contribution in [0.25, 0.3) is 0 Å². The SMILES string of the molecule is CNC1CC[C@@H](c2ccc(Cl)c(Cl)c2)c2ccc(C(=N)NC(C)=O)cc21. The van der Waals surface area contributed by atoms with Gasteiger partial charge in [-0.05, 0) is 54.8 Å². The number of hydrogen-bond acceptors (Lipinski definition) is 3. The van der Waals surface area contributed by atoms with E-state index in [1.54, 1.807) is 0 Å². The Morgan fingerprint density at radius 1 is 1.08 bits per heavy atom. The molecule has 0 spiro atoms. The summed E-state index contributed by atoms with van der Waals surface area (Å²) in [6.07, 6.45) is 1.98. The molecule has 0 fully saturated rings. The fraction of sp³-hybridized carbons (Fsp3) is 0.300. The van der Waals surface area contributed by atoms with Gasteiger partial charge in [0.2, 0.25) is 5.91 Å². The van der Waals surface area contributed by atoms with E-state index in [2.05, 4.69) is 16.7 Å². The first-order chi connectivity index (χ1) is 12.4. The molecular formula is C20H21Cl2N3O. The molecule has 0 radical (unpaired) electrons. The van der Waals surface area contributed by atoms with E-state index in [9.17, 15) is 4.79 Å². The van der Waals surface area contributed by atoms with Gasteiger partial charge < -0.3 is 10.6 Å². The number of carbonyl (C=O) groups excluding carboxylic acids is 1. The highest BCUT2D eigenvalue weighted by molar-refractivity contribution is 6.42. The molecule has 136 valence electrons. The number of amides is 1. The number of halogens is 2. The lowest BCUT2D eigenvalue weighted by atomic mass is 9.76. The van der Waals surface area contributed by atoms with Gasteiger partial charge in [0.15, 0.2) is 0 Å². The minimum absolute atomic E-state index is 0.117.